The van der Waals surface area contributed by atoms with Gasteiger partial charge in [0.2, 0.25) is 15.9 Å². The van der Waals surface area contributed by atoms with Crippen LogP contribution in [-0.4, -0.2) is 31.5 Å². The van der Waals surface area contributed by atoms with Gasteiger partial charge in [-0.05, 0) is 50.8 Å². The minimum atomic E-state index is -3.91. The second kappa shape index (κ2) is 8.83. The molecular formula is C21H27N3O5S. The lowest BCUT2D eigenvalue weighted by Crippen LogP contribution is -2.47. The minimum Gasteiger partial charge on any atom is -0.324 e. The van der Waals surface area contributed by atoms with Crippen LogP contribution in [0.4, 0.5) is 17.1 Å². The molecule has 30 heavy (non-hydrogen) atoms. The summed E-state index contributed by atoms with van der Waals surface area (Å²) in [7, 11) is -3.91. The number of hydrogen-bond donors (Lipinski definition) is 1. The molecule has 0 aromatic heterocycles. The lowest BCUT2D eigenvalue weighted by Gasteiger charge is -2.31. The number of non-ortho nitro benzene ring substituents is 1. The number of anilines is 2. The van der Waals surface area contributed by atoms with E-state index in [1.54, 1.807) is 13.8 Å². The Morgan fingerprint density at radius 1 is 1.10 bits per heavy atom. The van der Waals surface area contributed by atoms with Gasteiger partial charge in [-0.25, -0.2) is 8.42 Å². The molecule has 9 heteroatoms. The number of benzene rings is 2. The highest BCUT2D eigenvalue weighted by atomic mass is 32.2. The number of sulfonamides is 1. The van der Waals surface area contributed by atoms with Gasteiger partial charge >= 0.3 is 0 Å². The summed E-state index contributed by atoms with van der Waals surface area (Å²) in [6.07, 6.45) is 1.18. The fraction of sp³-hybridized carbons (Fsp3) is 0.381. The first-order valence-electron chi connectivity index (χ1n) is 9.50. The van der Waals surface area contributed by atoms with E-state index in [2.05, 4.69) is 5.32 Å². The summed E-state index contributed by atoms with van der Waals surface area (Å²) in [5.41, 5.74) is 3.81. The van der Waals surface area contributed by atoms with Crippen LogP contribution in [0.5, 0.6) is 0 Å². The normalized spacial score (nSPS) is 12.3. The number of rotatable bonds is 7. The largest absolute Gasteiger partial charge is 0.324 e. The Morgan fingerprint density at radius 3 is 2.13 bits per heavy atom. The molecule has 1 N–H and O–H groups in total. The van der Waals surface area contributed by atoms with Crippen LogP contribution in [0.3, 0.4) is 0 Å². The first-order valence-corrected chi connectivity index (χ1v) is 11.3. The summed E-state index contributed by atoms with van der Waals surface area (Å²) >= 11 is 0. The van der Waals surface area contributed by atoms with Gasteiger partial charge in [0.25, 0.3) is 5.69 Å². The number of hydrogen-bond acceptors (Lipinski definition) is 5. The second-order valence-electron chi connectivity index (χ2n) is 7.47. The van der Waals surface area contributed by atoms with Gasteiger partial charge in [0.05, 0.1) is 16.9 Å². The molecule has 1 unspecified atom stereocenters. The average Bonchev–Trinajstić information content (AvgIpc) is 2.62. The maximum absolute atomic E-state index is 13.2. The van der Waals surface area contributed by atoms with Crippen LogP contribution in [0.15, 0.2) is 30.3 Å². The van der Waals surface area contributed by atoms with Crippen LogP contribution >= 0.6 is 0 Å². The molecule has 2 aromatic rings. The number of aryl methyl sites for hydroxylation is 4. The molecule has 1 atom stereocenters. The van der Waals surface area contributed by atoms with Gasteiger partial charge in [-0.2, -0.15) is 0 Å². The lowest BCUT2D eigenvalue weighted by atomic mass is 10.0. The third-order valence-corrected chi connectivity index (χ3v) is 6.06. The zero-order chi connectivity index (χ0) is 22.8. The van der Waals surface area contributed by atoms with Gasteiger partial charge < -0.3 is 5.32 Å². The molecule has 1 amide bonds. The van der Waals surface area contributed by atoms with Crippen molar-refractivity contribution < 1.29 is 18.1 Å². The van der Waals surface area contributed by atoms with Crippen LogP contribution in [-0.2, 0) is 14.8 Å². The SMILES string of the molecule is CCC(C(=O)Nc1c(C)cc(C)cc1C)N(c1cc([N+](=O)[O-])ccc1C)S(C)(=O)=O. The van der Waals surface area contributed by atoms with Crippen molar-refractivity contribution in [1.29, 1.82) is 0 Å². The van der Waals surface area contributed by atoms with E-state index >= 15 is 0 Å². The quantitative estimate of drug-likeness (QED) is 0.524. The number of nitro groups is 1. The number of nitrogens with one attached hydrogen (secondary N) is 1. The number of carbonyl (C=O) groups is 1. The molecule has 0 saturated heterocycles. The molecule has 0 heterocycles. The standard InChI is InChI=1S/C21H27N3O5S/c1-7-18(21(25)22-20-15(4)10-13(2)11-16(20)5)23(30(6,28)29)19-12-17(24(26)27)9-8-14(19)3/h8-12,18H,7H2,1-6H3,(H,22,25). The van der Waals surface area contributed by atoms with Crippen LogP contribution in [0.1, 0.15) is 35.6 Å². The van der Waals surface area contributed by atoms with Crippen LogP contribution < -0.4 is 9.62 Å². The van der Waals surface area contributed by atoms with E-state index in [-0.39, 0.29) is 17.8 Å². The predicted octanol–water partition coefficient (Wildman–Crippen LogP) is 4.01. The molecule has 0 fully saturated rings. The Bertz CT molecular complexity index is 1070. The molecule has 0 aliphatic carbocycles. The van der Waals surface area contributed by atoms with Gasteiger partial charge in [0, 0.05) is 17.8 Å². The zero-order valence-corrected chi connectivity index (χ0v) is 18.8. The number of nitro benzene ring substituents is 1. The number of amides is 1. The summed E-state index contributed by atoms with van der Waals surface area (Å²) in [5.74, 6) is -0.496. The van der Waals surface area contributed by atoms with Crippen molar-refractivity contribution in [2.45, 2.75) is 47.1 Å². The van der Waals surface area contributed by atoms with Crippen molar-refractivity contribution in [3.8, 4) is 0 Å². The first-order chi connectivity index (χ1) is 13.9. The molecule has 2 rings (SSSR count). The van der Waals surface area contributed by atoms with Crippen LogP contribution in [0, 0.1) is 37.8 Å². The molecule has 0 bridgehead atoms. The summed E-state index contributed by atoms with van der Waals surface area (Å²) in [4.78, 5) is 23.8. The predicted molar refractivity (Wildman–Crippen MR) is 119 cm³/mol. The number of nitrogens with zero attached hydrogens (tertiary/aromatic N) is 2. The Kier molecular flexibility index (Phi) is 6.87. The highest BCUT2D eigenvalue weighted by molar-refractivity contribution is 7.92. The Balaban J connectivity index is 2.55. The lowest BCUT2D eigenvalue weighted by molar-refractivity contribution is -0.384. The van der Waals surface area contributed by atoms with Gasteiger partial charge in [0.1, 0.15) is 6.04 Å². The molecule has 162 valence electrons. The van der Waals surface area contributed by atoms with E-state index in [0.29, 0.717) is 11.3 Å². The van der Waals surface area contributed by atoms with E-state index in [0.717, 1.165) is 27.3 Å². The molecule has 2 aromatic carbocycles. The van der Waals surface area contributed by atoms with Crippen LogP contribution in [0.25, 0.3) is 0 Å². The molecule has 0 aliphatic heterocycles. The van der Waals surface area contributed by atoms with E-state index in [1.807, 2.05) is 32.9 Å². The summed E-state index contributed by atoms with van der Waals surface area (Å²) < 4.78 is 26.3. The summed E-state index contributed by atoms with van der Waals surface area (Å²) in [5, 5.41) is 14.1. The topological polar surface area (TPSA) is 110 Å². The highest BCUT2D eigenvalue weighted by Crippen LogP contribution is 2.31. The fourth-order valence-electron chi connectivity index (χ4n) is 3.57. The Morgan fingerprint density at radius 2 is 1.67 bits per heavy atom. The van der Waals surface area contributed by atoms with Crippen molar-refractivity contribution in [2.24, 2.45) is 0 Å². The van der Waals surface area contributed by atoms with Gasteiger partial charge in [-0.1, -0.05) is 30.7 Å². The third-order valence-electron chi connectivity index (χ3n) is 4.90. The zero-order valence-electron chi connectivity index (χ0n) is 18.0. The van der Waals surface area contributed by atoms with Gasteiger partial charge in [-0.3, -0.25) is 19.2 Å². The smallest absolute Gasteiger partial charge is 0.271 e. The van der Waals surface area contributed by atoms with E-state index in [9.17, 15) is 23.3 Å². The van der Waals surface area contributed by atoms with Crippen molar-refractivity contribution in [3.05, 3.63) is 62.7 Å². The Hall–Kier alpha value is -2.94. The molecule has 8 nitrogen and oxygen atoms in total. The van der Waals surface area contributed by atoms with Crippen molar-refractivity contribution in [3.63, 3.8) is 0 Å². The third kappa shape index (κ3) is 4.96. The first kappa shape index (κ1) is 23.3. The van der Waals surface area contributed by atoms with Crippen molar-refractivity contribution >= 4 is 33.0 Å². The van der Waals surface area contributed by atoms with E-state index in [4.69, 9.17) is 0 Å². The number of carbonyl (C=O) groups excluding carboxylic acids is 1. The molecule has 0 radical (unpaired) electrons. The molecule has 0 aliphatic rings. The molecule has 0 spiro atoms. The highest BCUT2D eigenvalue weighted by Gasteiger charge is 2.33. The van der Waals surface area contributed by atoms with Gasteiger partial charge in [0.15, 0.2) is 0 Å². The maximum Gasteiger partial charge on any atom is 0.271 e. The van der Waals surface area contributed by atoms with Gasteiger partial charge in [-0.15, -0.1) is 0 Å². The summed E-state index contributed by atoms with van der Waals surface area (Å²) in [6, 6.07) is 6.77. The molecular weight excluding hydrogens is 406 g/mol. The molecule has 0 saturated carbocycles. The maximum atomic E-state index is 13.2. The second-order valence-corrected chi connectivity index (χ2v) is 9.33. The summed E-state index contributed by atoms with van der Waals surface area (Å²) in [6.45, 7) is 9.04. The van der Waals surface area contributed by atoms with E-state index in [1.165, 1.54) is 18.2 Å². The minimum absolute atomic E-state index is 0.117. The van der Waals surface area contributed by atoms with Crippen molar-refractivity contribution in [1.82, 2.24) is 0 Å². The van der Waals surface area contributed by atoms with Crippen molar-refractivity contribution in [2.75, 3.05) is 15.9 Å². The van der Waals surface area contributed by atoms with Crippen LogP contribution in [0.2, 0.25) is 0 Å². The Labute approximate surface area is 177 Å². The van der Waals surface area contributed by atoms with E-state index < -0.39 is 26.9 Å². The fourth-order valence-corrected chi connectivity index (χ4v) is 4.83. The monoisotopic (exact) mass is 433 g/mol. The average molecular weight is 434 g/mol.